The summed E-state index contributed by atoms with van der Waals surface area (Å²) >= 11 is 1.38. The summed E-state index contributed by atoms with van der Waals surface area (Å²) in [6.45, 7) is 3.96. The van der Waals surface area contributed by atoms with E-state index in [0.717, 1.165) is 37.6 Å². The predicted octanol–water partition coefficient (Wildman–Crippen LogP) is 0.972. The Bertz CT molecular complexity index is 775. The van der Waals surface area contributed by atoms with E-state index in [1.807, 2.05) is 23.6 Å². The van der Waals surface area contributed by atoms with Crippen LogP contribution in [0, 0.1) is 11.3 Å². The van der Waals surface area contributed by atoms with Crippen LogP contribution in [0.3, 0.4) is 0 Å². The van der Waals surface area contributed by atoms with Crippen LogP contribution >= 0.6 is 11.3 Å². The zero-order chi connectivity index (χ0) is 17.6. The van der Waals surface area contributed by atoms with Crippen LogP contribution in [0.5, 0.6) is 5.75 Å². The van der Waals surface area contributed by atoms with Crippen molar-refractivity contribution in [1.29, 1.82) is 5.26 Å². The fraction of sp³-hybridized carbons (Fsp3) is 0.333. The average molecular weight is 357 g/mol. The highest BCUT2D eigenvalue weighted by Crippen LogP contribution is 2.27. The Kier molecular flexibility index (Phi) is 5.53. The first-order chi connectivity index (χ1) is 12.2. The largest absolute Gasteiger partial charge is 0.495 e. The molecule has 2 heterocycles. The topological polar surface area (TPSA) is 69.8 Å². The second kappa shape index (κ2) is 8.01. The van der Waals surface area contributed by atoms with Crippen molar-refractivity contribution >= 4 is 27.9 Å². The third-order valence-corrected chi connectivity index (χ3v) is 5.18. The summed E-state index contributed by atoms with van der Waals surface area (Å²) in [5, 5.41) is 14.3. The molecular weight excluding hydrogens is 336 g/mol. The van der Waals surface area contributed by atoms with Crippen LogP contribution in [0.1, 0.15) is 5.56 Å². The number of nitriles is 1. The van der Waals surface area contributed by atoms with Gasteiger partial charge in [-0.15, -0.1) is 11.3 Å². The molecule has 1 aromatic heterocycles. The van der Waals surface area contributed by atoms with Crippen molar-refractivity contribution < 1.29 is 14.4 Å². The van der Waals surface area contributed by atoms with Gasteiger partial charge in [-0.2, -0.15) is 5.26 Å². The lowest BCUT2D eigenvalue weighted by atomic mass is 10.2. The summed E-state index contributed by atoms with van der Waals surface area (Å²) in [5.41, 5.74) is 1.63. The Morgan fingerprint density at radius 3 is 2.84 bits per heavy atom. The number of hydrogen-bond acceptors (Lipinski definition) is 5. The molecule has 7 heteroatoms. The minimum absolute atomic E-state index is 0.0420. The number of carbonyl (C=O) groups excluding carboxylic acids is 1. The molecule has 0 atom stereocenters. The molecule has 1 aliphatic heterocycles. The predicted molar refractivity (Wildman–Crippen MR) is 98.4 cm³/mol. The number of amides is 1. The SMILES string of the molecule is COc1ccccc1N1CC[NH+](CC(=O)Nc2sccc2C#N)CC1. The second-order valence-electron chi connectivity index (χ2n) is 5.91. The Morgan fingerprint density at radius 2 is 2.12 bits per heavy atom. The minimum atomic E-state index is -0.0420. The molecule has 6 nitrogen and oxygen atoms in total. The summed E-state index contributed by atoms with van der Waals surface area (Å²) in [5.74, 6) is 0.838. The highest BCUT2D eigenvalue weighted by molar-refractivity contribution is 7.14. The second-order valence-corrected chi connectivity index (χ2v) is 6.83. The lowest BCUT2D eigenvalue weighted by Crippen LogP contribution is -3.15. The maximum absolute atomic E-state index is 12.2. The van der Waals surface area contributed by atoms with Crippen molar-refractivity contribution in [3.05, 3.63) is 41.3 Å². The summed E-state index contributed by atoms with van der Waals surface area (Å²) in [6, 6.07) is 11.8. The summed E-state index contributed by atoms with van der Waals surface area (Å²) in [7, 11) is 1.69. The van der Waals surface area contributed by atoms with E-state index in [1.165, 1.54) is 16.2 Å². The number of piperazine rings is 1. The standard InChI is InChI=1S/C18H20N4O2S/c1-24-16-5-3-2-4-15(16)22-9-7-21(8-10-22)13-17(23)20-18-14(12-19)6-11-25-18/h2-6,11H,7-10,13H2,1H3,(H,20,23)/p+1. The highest BCUT2D eigenvalue weighted by Gasteiger charge is 2.24. The molecule has 2 aromatic rings. The smallest absolute Gasteiger partial charge is 0.280 e. The molecule has 1 fully saturated rings. The molecule has 130 valence electrons. The van der Waals surface area contributed by atoms with Gasteiger partial charge in [-0.3, -0.25) is 4.79 Å². The molecule has 0 aliphatic carbocycles. The first-order valence-electron chi connectivity index (χ1n) is 8.20. The number of anilines is 2. The fourth-order valence-corrected chi connectivity index (χ4v) is 3.78. The van der Waals surface area contributed by atoms with Crippen molar-refractivity contribution in [2.75, 3.05) is 50.1 Å². The molecule has 0 radical (unpaired) electrons. The molecule has 1 amide bonds. The van der Waals surface area contributed by atoms with Crippen molar-refractivity contribution in [3.8, 4) is 11.8 Å². The van der Waals surface area contributed by atoms with Crippen LogP contribution in [0.15, 0.2) is 35.7 Å². The molecule has 25 heavy (non-hydrogen) atoms. The molecule has 0 unspecified atom stereocenters. The van der Waals surface area contributed by atoms with E-state index < -0.39 is 0 Å². The summed E-state index contributed by atoms with van der Waals surface area (Å²) < 4.78 is 5.43. The van der Waals surface area contributed by atoms with Crippen LogP contribution in [0.4, 0.5) is 10.7 Å². The van der Waals surface area contributed by atoms with Crippen LogP contribution < -0.4 is 19.9 Å². The number of benzene rings is 1. The van der Waals surface area contributed by atoms with Gasteiger partial charge in [0.25, 0.3) is 5.91 Å². The lowest BCUT2D eigenvalue weighted by Gasteiger charge is -2.33. The van der Waals surface area contributed by atoms with Crippen LogP contribution in [0.25, 0.3) is 0 Å². The quantitative estimate of drug-likeness (QED) is 0.837. The lowest BCUT2D eigenvalue weighted by molar-refractivity contribution is -0.892. The van der Waals surface area contributed by atoms with Crippen LogP contribution in [0.2, 0.25) is 0 Å². The van der Waals surface area contributed by atoms with E-state index in [9.17, 15) is 4.79 Å². The Morgan fingerprint density at radius 1 is 1.36 bits per heavy atom. The van der Waals surface area contributed by atoms with Crippen molar-refractivity contribution in [2.24, 2.45) is 0 Å². The Hall–Kier alpha value is -2.56. The average Bonchev–Trinajstić information content (AvgIpc) is 3.09. The molecular formula is C18H21N4O2S+. The maximum Gasteiger partial charge on any atom is 0.280 e. The minimum Gasteiger partial charge on any atom is -0.495 e. The van der Waals surface area contributed by atoms with Crippen molar-refractivity contribution in [2.45, 2.75) is 0 Å². The zero-order valence-corrected chi connectivity index (χ0v) is 14.9. The molecule has 0 spiro atoms. The number of carbonyl (C=O) groups is 1. The number of thiophene rings is 1. The number of ether oxygens (including phenoxy) is 1. The van der Waals surface area contributed by atoms with Gasteiger partial charge in [-0.05, 0) is 23.6 Å². The monoisotopic (exact) mass is 357 g/mol. The van der Waals surface area contributed by atoms with Crippen molar-refractivity contribution in [3.63, 3.8) is 0 Å². The molecule has 3 rings (SSSR count). The van der Waals surface area contributed by atoms with E-state index in [1.54, 1.807) is 13.2 Å². The van der Waals surface area contributed by atoms with Crippen molar-refractivity contribution in [1.82, 2.24) is 0 Å². The normalized spacial score (nSPS) is 14.8. The first kappa shape index (κ1) is 17.3. The van der Waals surface area contributed by atoms with Gasteiger partial charge in [0.05, 0.1) is 44.5 Å². The van der Waals surface area contributed by atoms with E-state index in [-0.39, 0.29) is 5.91 Å². The number of rotatable bonds is 5. The molecule has 1 aromatic carbocycles. The Balaban J connectivity index is 1.52. The number of para-hydroxylation sites is 2. The molecule has 2 N–H and O–H groups in total. The van der Waals surface area contributed by atoms with Gasteiger partial charge in [-0.25, -0.2) is 0 Å². The van der Waals surface area contributed by atoms with Gasteiger partial charge in [-0.1, -0.05) is 12.1 Å². The van der Waals surface area contributed by atoms with E-state index in [2.05, 4.69) is 22.4 Å². The van der Waals surface area contributed by atoms with Gasteiger partial charge in [0, 0.05) is 0 Å². The first-order valence-corrected chi connectivity index (χ1v) is 9.08. The number of quaternary nitrogens is 1. The number of methoxy groups -OCH3 is 1. The fourth-order valence-electron chi connectivity index (χ4n) is 3.02. The van der Waals surface area contributed by atoms with Crippen LogP contribution in [-0.4, -0.2) is 45.7 Å². The molecule has 0 saturated carbocycles. The number of nitrogens with zero attached hydrogens (tertiary/aromatic N) is 2. The molecule has 0 bridgehead atoms. The highest BCUT2D eigenvalue weighted by atomic mass is 32.1. The molecule has 1 saturated heterocycles. The third kappa shape index (κ3) is 4.10. The van der Waals surface area contributed by atoms with Gasteiger partial charge in [0.15, 0.2) is 6.54 Å². The summed E-state index contributed by atoms with van der Waals surface area (Å²) in [6.07, 6.45) is 0. The van der Waals surface area contributed by atoms with Gasteiger partial charge < -0.3 is 19.9 Å². The maximum atomic E-state index is 12.2. The van der Waals surface area contributed by atoms with Gasteiger partial charge >= 0.3 is 0 Å². The third-order valence-electron chi connectivity index (χ3n) is 4.35. The summed E-state index contributed by atoms with van der Waals surface area (Å²) in [4.78, 5) is 15.8. The molecule has 1 aliphatic rings. The van der Waals surface area contributed by atoms with Gasteiger partial charge in [0.2, 0.25) is 0 Å². The van der Waals surface area contributed by atoms with Crippen LogP contribution in [-0.2, 0) is 4.79 Å². The van der Waals surface area contributed by atoms with E-state index in [0.29, 0.717) is 17.1 Å². The Labute approximate surface area is 151 Å². The van der Waals surface area contributed by atoms with E-state index >= 15 is 0 Å². The number of hydrogen-bond donors (Lipinski definition) is 2. The van der Waals surface area contributed by atoms with Gasteiger partial charge in [0.1, 0.15) is 16.8 Å². The van der Waals surface area contributed by atoms with E-state index in [4.69, 9.17) is 10.00 Å². The number of nitrogens with one attached hydrogen (secondary N) is 2. The zero-order valence-electron chi connectivity index (χ0n) is 14.1.